The molecule has 0 spiro atoms. The maximum absolute atomic E-state index is 13.1. The Morgan fingerprint density at radius 1 is 0.930 bits per heavy atom. The Kier molecular flexibility index (Phi) is 9.80. The van der Waals surface area contributed by atoms with Gasteiger partial charge in [-0.3, -0.25) is 9.88 Å². The summed E-state index contributed by atoms with van der Waals surface area (Å²) >= 11 is 0. The van der Waals surface area contributed by atoms with E-state index in [0.29, 0.717) is 24.5 Å². The highest BCUT2D eigenvalue weighted by molar-refractivity contribution is 7.92. The first-order valence-electron chi connectivity index (χ1n) is 12.1. The molecule has 2 N–H and O–H groups in total. The molecule has 5 rings (SSSR count). The third kappa shape index (κ3) is 8.25. The number of halogens is 7. The molecule has 0 aliphatic carbocycles. The van der Waals surface area contributed by atoms with E-state index in [1.54, 1.807) is 18.2 Å². The first-order chi connectivity index (χ1) is 19.8. The third-order valence-corrected chi connectivity index (χ3v) is 8.59. The van der Waals surface area contributed by atoms with Crippen molar-refractivity contribution in [2.75, 3.05) is 13.1 Å². The van der Waals surface area contributed by atoms with Gasteiger partial charge in [0.15, 0.2) is 9.84 Å². The van der Waals surface area contributed by atoms with Crippen LogP contribution in [-0.2, 0) is 26.0 Å². The maximum Gasteiger partial charge on any atom is 0.490 e. The molecule has 1 aromatic carbocycles. The van der Waals surface area contributed by atoms with Gasteiger partial charge in [0.05, 0.1) is 15.8 Å². The molecule has 2 aliphatic heterocycles. The maximum atomic E-state index is 13.1. The number of carbonyl (C=O) groups is 2. The SMILES string of the molecule is Cc1cccc(CN2CC3c4cc(-c5ccc(F)nc5)ccc4S(=O)(=O)C3C2)n1.O=C(O)C(F)(F)F.O=C(O)C(F)(F)F. The number of sulfone groups is 1. The number of likely N-dealkylation sites (tertiary alicyclic amines) is 1. The number of alkyl halides is 6. The number of carboxylic acids is 2. The van der Waals surface area contributed by atoms with Gasteiger partial charge in [0, 0.05) is 43.0 Å². The number of hydrogen-bond donors (Lipinski definition) is 2. The van der Waals surface area contributed by atoms with Gasteiger partial charge in [-0.2, -0.15) is 30.7 Å². The van der Waals surface area contributed by atoms with E-state index in [1.807, 2.05) is 31.2 Å². The smallest absolute Gasteiger partial charge is 0.475 e. The van der Waals surface area contributed by atoms with Gasteiger partial charge in [0.25, 0.3) is 0 Å². The number of benzene rings is 1. The molecule has 2 atom stereocenters. The van der Waals surface area contributed by atoms with Crippen molar-refractivity contribution in [2.24, 2.45) is 0 Å². The third-order valence-electron chi connectivity index (χ3n) is 6.33. The second-order valence-electron chi connectivity index (χ2n) is 9.38. The largest absolute Gasteiger partial charge is 0.490 e. The zero-order chi connectivity index (χ0) is 32.3. The van der Waals surface area contributed by atoms with Crippen molar-refractivity contribution in [1.82, 2.24) is 14.9 Å². The zero-order valence-electron chi connectivity index (χ0n) is 21.9. The quantitative estimate of drug-likeness (QED) is 0.312. The van der Waals surface area contributed by atoms with Crippen LogP contribution in [-0.4, -0.2) is 76.1 Å². The molecule has 0 saturated carbocycles. The molecule has 0 radical (unpaired) electrons. The second-order valence-corrected chi connectivity index (χ2v) is 11.5. The highest BCUT2D eigenvalue weighted by Crippen LogP contribution is 2.46. The van der Waals surface area contributed by atoms with E-state index in [2.05, 4.69) is 14.9 Å². The van der Waals surface area contributed by atoms with Gasteiger partial charge < -0.3 is 10.2 Å². The first-order valence-corrected chi connectivity index (χ1v) is 13.6. The number of fused-ring (bicyclic) bond motifs is 3. The van der Waals surface area contributed by atoms with E-state index >= 15 is 0 Å². The summed E-state index contributed by atoms with van der Waals surface area (Å²) in [5.74, 6) is -6.11. The van der Waals surface area contributed by atoms with Crippen LogP contribution in [0.5, 0.6) is 0 Å². The van der Waals surface area contributed by atoms with Crippen molar-refractivity contribution in [1.29, 1.82) is 0 Å². The van der Waals surface area contributed by atoms with Crippen LogP contribution in [0.1, 0.15) is 22.9 Å². The van der Waals surface area contributed by atoms with E-state index in [4.69, 9.17) is 19.8 Å². The Labute approximate surface area is 239 Å². The lowest BCUT2D eigenvalue weighted by Gasteiger charge is -2.17. The van der Waals surface area contributed by atoms with Gasteiger partial charge in [-0.05, 0) is 54.4 Å². The van der Waals surface area contributed by atoms with Gasteiger partial charge in [-0.25, -0.2) is 23.0 Å². The summed E-state index contributed by atoms with van der Waals surface area (Å²) < 4.78 is 103. The molecule has 2 aromatic heterocycles. The van der Waals surface area contributed by atoms with Crippen LogP contribution in [0.15, 0.2) is 59.6 Å². The molecule has 1 saturated heterocycles. The Hall–Kier alpha value is -4.12. The number of aliphatic carboxylic acids is 2. The molecule has 4 heterocycles. The van der Waals surface area contributed by atoms with E-state index in [0.717, 1.165) is 28.1 Å². The summed E-state index contributed by atoms with van der Waals surface area (Å²) in [4.78, 5) is 28.6. The van der Waals surface area contributed by atoms with E-state index in [-0.39, 0.29) is 5.92 Å². The number of hydrogen-bond acceptors (Lipinski definition) is 7. The lowest BCUT2D eigenvalue weighted by atomic mass is 9.95. The standard InChI is InChI=1S/C22H20FN3O2S.2C2HF3O2/c1-14-3-2-4-17(25-14)11-26-12-19-18-9-15(16-6-8-22(23)24-10-16)5-7-20(18)29(27,28)21(19)13-26;2*3-2(4,5)1(6)7/h2-10,19,21H,11-13H2,1H3;2*(H,6,7). The predicted octanol–water partition coefficient (Wildman–Crippen LogP) is 4.61. The van der Waals surface area contributed by atoms with Crippen LogP contribution in [0.4, 0.5) is 30.7 Å². The zero-order valence-corrected chi connectivity index (χ0v) is 22.7. The van der Waals surface area contributed by atoms with Crippen molar-refractivity contribution in [3.8, 4) is 11.1 Å². The molecule has 43 heavy (non-hydrogen) atoms. The molecule has 232 valence electrons. The molecule has 2 unspecified atom stereocenters. The van der Waals surface area contributed by atoms with Crippen LogP contribution in [0.25, 0.3) is 11.1 Å². The highest BCUT2D eigenvalue weighted by atomic mass is 32.2. The molecule has 9 nitrogen and oxygen atoms in total. The average molecular weight is 638 g/mol. The van der Waals surface area contributed by atoms with Crippen LogP contribution < -0.4 is 0 Å². The van der Waals surface area contributed by atoms with Gasteiger partial charge in [0.1, 0.15) is 0 Å². The summed E-state index contributed by atoms with van der Waals surface area (Å²) in [6, 6.07) is 14.3. The molecular formula is C26H22F7N3O6S. The minimum absolute atomic E-state index is 0.0619. The van der Waals surface area contributed by atoms with Crippen LogP contribution >= 0.6 is 0 Å². The van der Waals surface area contributed by atoms with E-state index in [1.165, 1.54) is 12.3 Å². The van der Waals surface area contributed by atoms with Gasteiger partial charge >= 0.3 is 24.3 Å². The number of pyridine rings is 2. The lowest BCUT2D eigenvalue weighted by Crippen LogP contribution is -2.26. The summed E-state index contributed by atoms with van der Waals surface area (Å²) in [7, 11) is -3.36. The fourth-order valence-corrected chi connectivity index (χ4v) is 6.69. The van der Waals surface area contributed by atoms with Crippen molar-refractivity contribution in [3.05, 3.63) is 77.6 Å². The fourth-order valence-electron chi connectivity index (χ4n) is 4.50. The van der Waals surface area contributed by atoms with Crippen LogP contribution in [0.3, 0.4) is 0 Å². The summed E-state index contributed by atoms with van der Waals surface area (Å²) in [6.07, 6.45) is -8.69. The number of carboxylic acid groups (broad SMARTS) is 2. The number of nitrogens with zero attached hydrogens (tertiary/aromatic N) is 3. The van der Waals surface area contributed by atoms with Crippen molar-refractivity contribution in [3.63, 3.8) is 0 Å². The Morgan fingerprint density at radius 2 is 1.51 bits per heavy atom. The van der Waals surface area contributed by atoms with E-state index in [9.17, 15) is 39.2 Å². The van der Waals surface area contributed by atoms with Crippen LogP contribution in [0, 0.1) is 12.9 Å². The van der Waals surface area contributed by atoms with Crippen molar-refractivity contribution < 1.29 is 59.0 Å². The molecule has 0 amide bonds. The molecule has 0 bridgehead atoms. The molecule has 1 fully saturated rings. The molecule has 3 aromatic rings. The van der Waals surface area contributed by atoms with Gasteiger partial charge in [-0.15, -0.1) is 0 Å². The molecule has 2 aliphatic rings. The van der Waals surface area contributed by atoms with E-state index < -0.39 is 45.3 Å². The number of aryl methyl sites for hydroxylation is 1. The summed E-state index contributed by atoms with van der Waals surface area (Å²) in [5.41, 5.74) is 4.39. The van der Waals surface area contributed by atoms with Crippen molar-refractivity contribution in [2.45, 2.75) is 41.9 Å². The normalized spacial score (nSPS) is 18.8. The number of aromatic nitrogens is 2. The lowest BCUT2D eigenvalue weighted by molar-refractivity contribution is -0.193. The molecular weight excluding hydrogens is 615 g/mol. The predicted molar refractivity (Wildman–Crippen MR) is 135 cm³/mol. The fraction of sp³-hybridized carbons (Fsp3) is 0.308. The minimum Gasteiger partial charge on any atom is -0.475 e. The Bertz CT molecular complexity index is 1570. The summed E-state index contributed by atoms with van der Waals surface area (Å²) in [6.45, 7) is 3.78. The topological polar surface area (TPSA) is 138 Å². The monoisotopic (exact) mass is 637 g/mol. The summed E-state index contributed by atoms with van der Waals surface area (Å²) in [5, 5.41) is 13.8. The van der Waals surface area contributed by atoms with Gasteiger partial charge in [0.2, 0.25) is 5.95 Å². The number of rotatable bonds is 3. The Balaban J connectivity index is 0.000000303. The van der Waals surface area contributed by atoms with Crippen molar-refractivity contribution >= 4 is 21.8 Å². The van der Waals surface area contributed by atoms with Crippen LogP contribution in [0.2, 0.25) is 0 Å². The second kappa shape index (κ2) is 12.6. The average Bonchev–Trinajstić information content (AvgIpc) is 3.40. The highest BCUT2D eigenvalue weighted by Gasteiger charge is 2.50. The minimum atomic E-state index is -5.08. The molecule has 17 heteroatoms. The van der Waals surface area contributed by atoms with Gasteiger partial charge in [-0.1, -0.05) is 12.1 Å². The first kappa shape index (κ1) is 33.4. The Morgan fingerprint density at radius 3 is 2.02 bits per heavy atom.